The molecule has 1 aromatic carbocycles. The molecule has 5 heteroatoms. The number of nitrogens with one attached hydrogen (secondary N) is 1. The highest BCUT2D eigenvalue weighted by Crippen LogP contribution is 2.20. The first-order valence-electron chi connectivity index (χ1n) is 5.38. The van der Waals surface area contributed by atoms with E-state index in [2.05, 4.69) is 16.1 Å². The van der Waals surface area contributed by atoms with E-state index in [-0.39, 0.29) is 6.61 Å². The first kappa shape index (κ1) is 13.7. The Bertz CT molecular complexity index is 530. The summed E-state index contributed by atoms with van der Waals surface area (Å²) in [5.41, 5.74) is 2.76. The molecule has 1 amide bonds. The average molecular weight is 246 g/mol. The lowest BCUT2D eigenvalue weighted by atomic mass is 10.0. The molecule has 0 spiro atoms. The van der Waals surface area contributed by atoms with E-state index < -0.39 is 11.9 Å². The number of amides is 1. The van der Waals surface area contributed by atoms with Gasteiger partial charge in [0.15, 0.2) is 6.61 Å². The van der Waals surface area contributed by atoms with Gasteiger partial charge in [-0.05, 0) is 37.1 Å². The second-order valence-corrected chi connectivity index (χ2v) is 3.92. The van der Waals surface area contributed by atoms with Crippen molar-refractivity contribution in [1.82, 2.24) is 0 Å². The number of hydrogen-bond donors (Lipinski definition) is 1. The Balaban J connectivity index is 2.80. The Labute approximate surface area is 105 Å². The summed E-state index contributed by atoms with van der Waals surface area (Å²) in [7, 11) is 0. The molecule has 0 aliphatic heterocycles. The van der Waals surface area contributed by atoms with Crippen molar-refractivity contribution in [3.05, 3.63) is 28.8 Å². The second-order valence-electron chi connectivity index (χ2n) is 3.92. The van der Waals surface area contributed by atoms with Crippen LogP contribution in [0.15, 0.2) is 12.1 Å². The molecule has 1 N–H and O–H groups in total. The van der Waals surface area contributed by atoms with Gasteiger partial charge in [0, 0.05) is 12.6 Å². The Morgan fingerprint density at radius 2 is 2.00 bits per heavy atom. The number of nitrogens with zero attached hydrogens (tertiary/aromatic N) is 1. The molecule has 94 valence electrons. The highest BCUT2D eigenvalue weighted by molar-refractivity contribution is 5.93. The standard InChI is InChI=1S/C13H14N2O3/c1-8-5-12(9(2)4-11(8)6-14)15-13(17)7-18-10(3)16/h4-5H,7H2,1-3H3,(H,15,17). The molecule has 0 bridgehead atoms. The zero-order valence-corrected chi connectivity index (χ0v) is 10.5. The summed E-state index contributed by atoms with van der Waals surface area (Å²) in [6, 6.07) is 5.50. The van der Waals surface area contributed by atoms with Crippen LogP contribution in [0.2, 0.25) is 0 Å². The van der Waals surface area contributed by atoms with E-state index in [9.17, 15) is 9.59 Å². The van der Waals surface area contributed by atoms with Gasteiger partial charge in [-0.2, -0.15) is 5.26 Å². The van der Waals surface area contributed by atoms with Crippen molar-refractivity contribution in [2.45, 2.75) is 20.8 Å². The van der Waals surface area contributed by atoms with Crippen molar-refractivity contribution < 1.29 is 14.3 Å². The highest BCUT2D eigenvalue weighted by Gasteiger charge is 2.08. The van der Waals surface area contributed by atoms with Crippen molar-refractivity contribution in [2.75, 3.05) is 11.9 Å². The maximum Gasteiger partial charge on any atom is 0.303 e. The Morgan fingerprint density at radius 3 is 2.56 bits per heavy atom. The Kier molecular flexibility index (Phi) is 4.44. The molecule has 1 aromatic rings. The zero-order chi connectivity index (χ0) is 13.7. The van der Waals surface area contributed by atoms with E-state index in [1.807, 2.05) is 0 Å². The predicted molar refractivity (Wildman–Crippen MR) is 65.9 cm³/mol. The van der Waals surface area contributed by atoms with Gasteiger partial charge in [-0.3, -0.25) is 9.59 Å². The third-order valence-electron chi connectivity index (χ3n) is 2.37. The van der Waals surface area contributed by atoms with E-state index >= 15 is 0 Å². The molecular weight excluding hydrogens is 232 g/mol. The van der Waals surface area contributed by atoms with Crippen molar-refractivity contribution in [3.63, 3.8) is 0 Å². The molecule has 5 nitrogen and oxygen atoms in total. The maximum atomic E-state index is 11.5. The normalized spacial score (nSPS) is 9.44. The lowest BCUT2D eigenvalue weighted by Gasteiger charge is -2.10. The smallest absolute Gasteiger partial charge is 0.303 e. The van der Waals surface area contributed by atoms with E-state index in [4.69, 9.17) is 5.26 Å². The van der Waals surface area contributed by atoms with Crippen LogP contribution in [0.1, 0.15) is 23.6 Å². The van der Waals surface area contributed by atoms with Gasteiger partial charge in [-0.15, -0.1) is 0 Å². The molecule has 0 unspecified atom stereocenters. The first-order valence-corrected chi connectivity index (χ1v) is 5.38. The van der Waals surface area contributed by atoms with Crippen molar-refractivity contribution in [2.24, 2.45) is 0 Å². The van der Waals surface area contributed by atoms with Gasteiger partial charge in [0.05, 0.1) is 11.6 Å². The summed E-state index contributed by atoms with van der Waals surface area (Å²) in [5.74, 6) is -0.907. The molecule has 0 aliphatic carbocycles. The van der Waals surface area contributed by atoms with Gasteiger partial charge in [-0.1, -0.05) is 0 Å². The van der Waals surface area contributed by atoms with Crippen LogP contribution in [0.3, 0.4) is 0 Å². The number of aryl methyl sites for hydroxylation is 2. The average Bonchev–Trinajstić information content (AvgIpc) is 2.30. The first-order chi connectivity index (χ1) is 8.43. The molecule has 0 heterocycles. The fraction of sp³-hybridized carbons (Fsp3) is 0.308. The maximum absolute atomic E-state index is 11.5. The van der Waals surface area contributed by atoms with Gasteiger partial charge in [0.1, 0.15) is 0 Å². The molecule has 0 atom stereocenters. The van der Waals surface area contributed by atoms with Gasteiger partial charge in [0.25, 0.3) is 5.91 Å². The van der Waals surface area contributed by atoms with Crippen molar-refractivity contribution in [3.8, 4) is 6.07 Å². The van der Waals surface area contributed by atoms with Crippen LogP contribution >= 0.6 is 0 Å². The van der Waals surface area contributed by atoms with Crippen LogP contribution in [-0.4, -0.2) is 18.5 Å². The van der Waals surface area contributed by atoms with Gasteiger partial charge in [0.2, 0.25) is 0 Å². The van der Waals surface area contributed by atoms with Gasteiger partial charge < -0.3 is 10.1 Å². The molecule has 0 saturated carbocycles. The monoisotopic (exact) mass is 246 g/mol. The zero-order valence-electron chi connectivity index (χ0n) is 10.5. The largest absolute Gasteiger partial charge is 0.456 e. The second kappa shape index (κ2) is 5.82. The summed E-state index contributed by atoms with van der Waals surface area (Å²) in [4.78, 5) is 22.0. The summed E-state index contributed by atoms with van der Waals surface area (Å²) in [6.07, 6.45) is 0. The quantitative estimate of drug-likeness (QED) is 0.823. The van der Waals surface area contributed by atoms with Crippen LogP contribution in [0.4, 0.5) is 5.69 Å². The molecule has 0 fully saturated rings. The van der Waals surface area contributed by atoms with E-state index in [0.29, 0.717) is 11.3 Å². The van der Waals surface area contributed by atoms with Crippen LogP contribution in [0.25, 0.3) is 0 Å². The third-order valence-corrected chi connectivity index (χ3v) is 2.37. The number of carbonyl (C=O) groups excluding carboxylic acids is 2. The lowest BCUT2D eigenvalue weighted by molar-refractivity contribution is -0.144. The van der Waals surface area contributed by atoms with E-state index in [1.165, 1.54) is 6.92 Å². The van der Waals surface area contributed by atoms with Gasteiger partial charge >= 0.3 is 5.97 Å². The SMILES string of the molecule is CC(=O)OCC(=O)Nc1cc(C)c(C#N)cc1C. The number of hydrogen-bond acceptors (Lipinski definition) is 4. The molecule has 1 rings (SSSR count). The summed E-state index contributed by atoms with van der Waals surface area (Å²) in [6.45, 7) is 4.51. The summed E-state index contributed by atoms with van der Waals surface area (Å²) >= 11 is 0. The minimum atomic E-state index is -0.502. The summed E-state index contributed by atoms with van der Waals surface area (Å²) in [5, 5.41) is 11.5. The molecular formula is C13H14N2O3. The highest BCUT2D eigenvalue weighted by atomic mass is 16.5. The van der Waals surface area contributed by atoms with Crippen molar-refractivity contribution >= 4 is 17.6 Å². The molecule has 0 aliphatic rings. The molecule has 0 aromatic heterocycles. The minimum absolute atomic E-state index is 0.312. The number of esters is 1. The van der Waals surface area contributed by atoms with E-state index in [0.717, 1.165) is 11.1 Å². The van der Waals surface area contributed by atoms with Crippen LogP contribution in [0.5, 0.6) is 0 Å². The molecule has 18 heavy (non-hydrogen) atoms. The third kappa shape index (κ3) is 3.59. The number of ether oxygens (including phenoxy) is 1. The predicted octanol–water partition coefficient (Wildman–Crippen LogP) is 1.68. The van der Waals surface area contributed by atoms with E-state index in [1.54, 1.807) is 26.0 Å². The molecule has 0 radical (unpaired) electrons. The Morgan fingerprint density at radius 1 is 1.33 bits per heavy atom. The van der Waals surface area contributed by atoms with Crippen LogP contribution in [0, 0.1) is 25.2 Å². The van der Waals surface area contributed by atoms with Crippen molar-refractivity contribution in [1.29, 1.82) is 5.26 Å². The fourth-order valence-corrected chi connectivity index (χ4v) is 1.42. The van der Waals surface area contributed by atoms with Crippen LogP contribution < -0.4 is 5.32 Å². The molecule has 0 saturated heterocycles. The number of nitriles is 1. The van der Waals surface area contributed by atoms with Gasteiger partial charge in [-0.25, -0.2) is 0 Å². The number of rotatable bonds is 3. The topological polar surface area (TPSA) is 79.2 Å². The fourth-order valence-electron chi connectivity index (χ4n) is 1.42. The number of carbonyl (C=O) groups is 2. The van der Waals surface area contributed by atoms with Crippen LogP contribution in [-0.2, 0) is 14.3 Å². The minimum Gasteiger partial charge on any atom is -0.456 e. The lowest BCUT2D eigenvalue weighted by Crippen LogP contribution is -2.20. The Hall–Kier alpha value is -2.35. The summed E-state index contributed by atoms with van der Waals surface area (Å²) < 4.78 is 4.59. The number of benzene rings is 1. The number of anilines is 1.